The molecule has 1 fully saturated rings. The molecule has 0 bridgehead atoms. The summed E-state index contributed by atoms with van der Waals surface area (Å²) in [5.41, 5.74) is 2.68. The van der Waals surface area contributed by atoms with E-state index in [-0.39, 0.29) is 60.3 Å². The van der Waals surface area contributed by atoms with E-state index in [0.717, 1.165) is 23.4 Å². The molecular formula is C40H64N6O6S. The van der Waals surface area contributed by atoms with Crippen molar-refractivity contribution in [2.24, 2.45) is 29.5 Å². The number of nitrogens with zero attached hydrogens (tertiary/aromatic N) is 3. The predicted octanol–water partition coefficient (Wildman–Crippen LogP) is 4.94. The van der Waals surface area contributed by atoms with Gasteiger partial charge >= 0.3 is 0 Å². The fourth-order valence-electron chi connectivity index (χ4n) is 7.47. The van der Waals surface area contributed by atoms with Crippen LogP contribution in [0.5, 0.6) is 0 Å². The van der Waals surface area contributed by atoms with Gasteiger partial charge in [-0.05, 0) is 50.5 Å². The van der Waals surface area contributed by atoms with Gasteiger partial charge in [-0.2, -0.15) is 0 Å². The highest BCUT2D eigenvalue weighted by Crippen LogP contribution is 2.31. The molecule has 3 amide bonds. The number of thiazole rings is 1. The van der Waals surface area contributed by atoms with Gasteiger partial charge in [-0.1, -0.05) is 71.4 Å². The van der Waals surface area contributed by atoms with Gasteiger partial charge in [-0.3, -0.25) is 25.0 Å². The van der Waals surface area contributed by atoms with Crippen LogP contribution in [0.15, 0.2) is 41.9 Å². The van der Waals surface area contributed by atoms with Gasteiger partial charge in [0.25, 0.3) is 0 Å². The van der Waals surface area contributed by atoms with Crippen molar-refractivity contribution in [3.8, 4) is 0 Å². The number of ether oxygens (including phenoxy) is 2. The first kappa shape index (κ1) is 44.2. The molecule has 0 unspecified atom stereocenters. The number of likely N-dealkylation sites (tertiary alicyclic amines) is 1. The molecule has 1 saturated heterocycles. The highest BCUT2D eigenvalue weighted by atomic mass is 32.1. The largest absolute Gasteiger partial charge is 0.379 e. The highest BCUT2D eigenvalue weighted by Gasteiger charge is 2.43. The number of carbonyl (C=O) groups excluding carboxylic acids is 4. The van der Waals surface area contributed by atoms with Crippen LogP contribution in [0.2, 0.25) is 0 Å². The molecule has 1 aromatic heterocycles. The van der Waals surface area contributed by atoms with Gasteiger partial charge < -0.3 is 24.6 Å². The van der Waals surface area contributed by atoms with E-state index in [4.69, 9.17) is 15.3 Å². The third-order valence-electron chi connectivity index (χ3n) is 11.2. The number of methoxy groups -OCH3 is 2. The molecule has 3 rings (SSSR count). The number of Topliss-reactive ketones (excluding diaryl/α,β-unsaturated/α-hetero) is 1. The smallest absolute Gasteiger partial charge is 0.226 e. The molecule has 1 aromatic carbocycles. The van der Waals surface area contributed by atoms with Crippen LogP contribution in [0.4, 0.5) is 0 Å². The summed E-state index contributed by atoms with van der Waals surface area (Å²) in [6.45, 7) is 13.8. The van der Waals surface area contributed by atoms with Gasteiger partial charge in [-0.25, -0.2) is 10.4 Å². The lowest BCUT2D eigenvalue weighted by Gasteiger charge is -2.41. The SMILES string of the molecule is CC[C@H](C)[C@@H]([C@@H](CC(=O)N1CCC[C@H]1[C@H](OC)[C@@H](C)C(=O)N[C@@H](Cc1ccccc1)c1nccs1)OC)N(C)C(=O)[C@@H](CC(=O)C(C)(C)NN)C(C)C. The fourth-order valence-corrected chi connectivity index (χ4v) is 8.16. The first-order chi connectivity index (χ1) is 25.1. The molecule has 2 aromatic rings. The molecule has 4 N–H and O–H groups in total. The minimum absolute atomic E-state index is 0.00107. The zero-order valence-corrected chi connectivity index (χ0v) is 34.3. The molecule has 1 aliphatic heterocycles. The number of aromatic nitrogens is 1. The molecule has 0 aliphatic carbocycles. The van der Waals surface area contributed by atoms with E-state index >= 15 is 0 Å². The molecule has 0 radical (unpaired) electrons. The van der Waals surface area contributed by atoms with E-state index in [0.29, 0.717) is 19.4 Å². The van der Waals surface area contributed by atoms with E-state index in [1.165, 1.54) is 11.3 Å². The minimum Gasteiger partial charge on any atom is -0.379 e. The summed E-state index contributed by atoms with van der Waals surface area (Å²) in [6, 6.07) is 8.96. The molecule has 0 spiro atoms. The summed E-state index contributed by atoms with van der Waals surface area (Å²) in [7, 11) is 4.92. The molecule has 13 heteroatoms. The molecule has 53 heavy (non-hydrogen) atoms. The molecule has 0 saturated carbocycles. The Morgan fingerprint density at radius 2 is 1.75 bits per heavy atom. The number of rotatable bonds is 21. The van der Waals surface area contributed by atoms with Gasteiger partial charge in [0.05, 0.1) is 48.2 Å². The monoisotopic (exact) mass is 756 g/mol. The number of likely N-dealkylation sites (N-methyl/N-ethyl adjacent to an activating group) is 1. The first-order valence-electron chi connectivity index (χ1n) is 19.0. The molecular weight excluding hydrogens is 693 g/mol. The Balaban J connectivity index is 1.78. The Bertz CT molecular complexity index is 1460. The van der Waals surface area contributed by atoms with Crippen molar-refractivity contribution < 1.29 is 28.7 Å². The van der Waals surface area contributed by atoms with Crippen LogP contribution in [0.3, 0.4) is 0 Å². The molecule has 8 atom stereocenters. The van der Waals surface area contributed by atoms with E-state index in [2.05, 4.69) is 29.6 Å². The third-order valence-corrected chi connectivity index (χ3v) is 12.1. The zero-order valence-electron chi connectivity index (χ0n) is 33.5. The maximum absolute atomic E-state index is 14.2. The van der Waals surface area contributed by atoms with Crippen molar-refractivity contribution in [3.05, 3.63) is 52.5 Å². The van der Waals surface area contributed by atoms with Crippen LogP contribution < -0.4 is 16.6 Å². The number of benzene rings is 1. The summed E-state index contributed by atoms with van der Waals surface area (Å²) < 4.78 is 12.0. The van der Waals surface area contributed by atoms with Crippen LogP contribution in [0, 0.1) is 23.7 Å². The van der Waals surface area contributed by atoms with Crippen LogP contribution >= 0.6 is 11.3 Å². The second-order valence-corrected chi connectivity index (χ2v) is 16.4. The summed E-state index contributed by atoms with van der Waals surface area (Å²) in [4.78, 5) is 63.4. The van der Waals surface area contributed by atoms with Gasteiger partial charge in [0, 0.05) is 51.7 Å². The number of nitrogens with one attached hydrogen (secondary N) is 2. The fraction of sp³-hybridized carbons (Fsp3) is 0.675. The van der Waals surface area contributed by atoms with Crippen molar-refractivity contribution >= 4 is 34.8 Å². The van der Waals surface area contributed by atoms with Crippen molar-refractivity contribution in [2.75, 3.05) is 27.8 Å². The number of amides is 3. The number of hydrogen-bond acceptors (Lipinski definition) is 10. The van der Waals surface area contributed by atoms with Crippen LogP contribution in [-0.2, 0) is 35.1 Å². The van der Waals surface area contributed by atoms with Crippen LogP contribution in [0.1, 0.15) is 97.2 Å². The average Bonchev–Trinajstić information content (AvgIpc) is 3.87. The van der Waals surface area contributed by atoms with Gasteiger partial charge in [-0.15, -0.1) is 11.3 Å². The lowest BCUT2D eigenvalue weighted by molar-refractivity contribution is -0.149. The summed E-state index contributed by atoms with van der Waals surface area (Å²) in [5, 5.41) is 5.96. The first-order valence-corrected chi connectivity index (χ1v) is 19.9. The normalized spacial score (nSPS) is 18.9. The van der Waals surface area contributed by atoms with Gasteiger partial charge in [0.15, 0.2) is 5.78 Å². The van der Waals surface area contributed by atoms with Crippen molar-refractivity contribution in [3.63, 3.8) is 0 Å². The summed E-state index contributed by atoms with van der Waals surface area (Å²) >= 11 is 1.50. The summed E-state index contributed by atoms with van der Waals surface area (Å²) in [6.07, 6.45) is 3.53. The van der Waals surface area contributed by atoms with Crippen LogP contribution in [0.25, 0.3) is 0 Å². The molecule has 12 nitrogen and oxygen atoms in total. The quantitative estimate of drug-likeness (QED) is 0.119. The minimum atomic E-state index is -0.973. The van der Waals surface area contributed by atoms with Crippen molar-refractivity contribution in [1.82, 2.24) is 25.5 Å². The van der Waals surface area contributed by atoms with Crippen LogP contribution in [-0.4, -0.2) is 95.9 Å². The second kappa shape index (κ2) is 20.5. The number of hydrazine groups is 1. The van der Waals surface area contributed by atoms with E-state index in [1.807, 2.05) is 61.4 Å². The number of nitrogens with two attached hydrogens (primary N) is 1. The Labute approximate surface area is 320 Å². The van der Waals surface area contributed by atoms with Gasteiger partial charge in [0.1, 0.15) is 5.01 Å². The Morgan fingerprint density at radius 1 is 1.08 bits per heavy atom. The Hall–Kier alpha value is -3.23. The van der Waals surface area contributed by atoms with E-state index in [9.17, 15) is 19.2 Å². The average molecular weight is 757 g/mol. The third kappa shape index (κ3) is 11.4. The molecule has 2 heterocycles. The zero-order chi connectivity index (χ0) is 39.5. The molecule has 1 aliphatic rings. The molecule has 296 valence electrons. The van der Waals surface area contributed by atoms with E-state index in [1.54, 1.807) is 46.2 Å². The topological polar surface area (TPSA) is 156 Å². The second-order valence-electron chi connectivity index (χ2n) is 15.5. The maximum atomic E-state index is 14.2. The number of carbonyl (C=O) groups is 4. The highest BCUT2D eigenvalue weighted by molar-refractivity contribution is 7.09. The van der Waals surface area contributed by atoms with Crippen molar-refractivity contribution in [1.29, 1.82) is 0 Å². The number of hydrogen-bond donors (Lipinski definition) is 3. The lowest BCUT2D eigenvalue weighted by atomic mass is 9.83. The number of ketones is 1. The maximum Gasteiger partial charge on any atom is 0.226 e. The Kier molecular flexibility index (Phi) is 17.0. The Morgan fingerprint density at radius 3 is 2.30 bits per heavy atom. The van der Waals surface area contributed by atoms with E-state index < -0.39 is 35.6 Å². The summed E-state index contributed by atoms with van der Waals surface area (Å²) in [5.74, 6) is 3.82. The predicted molar refractivity (Wildman–Crippen MR) is 209 cm³/mol. The van der Waals surface area contributed by atoms with Crippen molar-refractivity contribution in [2.45, 2.75) is 123 Å². The van der Waals surface area contributed by atoms with Gasteiger partial charge in [0.2, 0.25) is 17.7 Å². The standard InChI is InChI=1S/C40H64N6O6S/c1-11-26(4)35(45(8)39(50)29(25(2)3)23-33(47)40(6,7)44-41)32(51-9)24-34(48)46-20-15-18-31(46)36(52-10)27(5)37(49)43-30(38-42-19-21-53-38)22-28-16-13-12-14-17-28/h12-14,16-17,19,21,25-27,29-32,35-36,44H,11,15,18,20,22-24,41H2,1-10H3,(H,43,49)/t26-,27+,29-,30-,31-,32+,35-,36+/m0/s1. The lowest BCUT2D eigenvalue weighted by Crippen LogP contribution is -2.55.